The molecule has 1 atom stereocenters. The van der Waals surface area contributed by atoms with E-state index in [0.717, 1.165) is 23.6 Å². The molecule has 2 rings (SSSR count). The van der Waals surface area contributed by atoms with Crippen molar-refractivity contribution in [3.8, 4) is 0 Å². The third-order valence-electron chi connectivity index (χ3n) is 3.12. The minimum absolute atomic E-state index is 0.290. The third-order valence-corrected chi connectivity index (χ3v) is 4.44. The van der Waals surface area contributed by atoms with Crippen LogP contribution in [0.25, 0.3) is 0 Å². The molecule has 2 aromatic rings. The molecule has 0 bridgehead atoms. The smallest absolute Gasteiger partial charge is 0.0464 e. The van der Waals surface area contributed by atoms with Crippen LogP contribution in [-0.4, -0.2) is 6.54 Å². The van der Waals surface area contributed by atoms with E-state index in [2.05, 4.69) is 61.6 Å². The van der Waals surface area contributed by atoms with Gasteiger partial charge in [-0.15, -0.1) is 0 Å². The van der Waals surface area contributed by atoms with Crippen LogP contribution in [0.1, 0.15) is 31.9 Å². The highest BCUT2D eigenvalue weighted by molar-refractivity contribution is 7.99. The molecule has 0 saturated carbocycles. The molecule has 1 nitrogen and oxygen atoms in total. The highest BCUT2D eigenvalue weighted by Crippen LogP contribution is 2.32. The largest absolute Gasteiger partial charge is 0.310 e. The number of halogens is 1. The molecule has 2 aromatic carbocycles. The topological polar surface area (TPSA) is 12.0 Å². The molecule has 1 N–H and O–H groups in total. The first kappa shape index (κ1) is 15.4. The van der Waals surface area contributed by atoms with Crippen LogP contribution < -0.4 is 5.32 Å². The summed E-state index contributed by atoms with van der Waals surface area (Å²) in [7, 11) is 0. The Kier molecular flexibility index (Phi) is 5.96. The summed E-state index contributed by atoms with van der Waals surface area (Å²) in [5.74, 6) is 0. The summed E-state index contributed by atoms with van der Waals surface area (Å²) >= 11 is 8.15. The lowest BCUT2D eigenvalue weighted by Crippen LogP contribution is -2.19. The number of benzene rings is 2. The predicted molar refractivity (Wildman–Crippen MR) is 88.7 cm³/mol. The van der Waals surface area contributed by atoms with Crippen LogP contribution >= 0.6 is 23.4 Å². The van der Waals surface area contributed by atoms with Crippen molar-refractivity contribution >= 4 is 23.4 Å². The van der Waals surface area contributed by atoms with Crippen molar-refractivity contribution in [3.63, 3.8) is 0 Å². The molecular formula is C17H20ClNS. The van der Waals surface area contributed by atoms with Crippen LogP contribution in [0.3, 0.4) is 0 Å². The van der Waals surface area contributed by atoms with Crippen LogP contribution in [0, 0.1) is 0 Å². The summed E-state index contributed by atoms with van der Waals surface area (Å²) in [5, 5.41) is 4.30. The van der Waals surface area contributed by atoms with E-state index in [0.29, 0.717) is 6.04 Å². The molecule has 0 spiro atoms. The van der Waals surface area contributed by atoms with Crippen molar-refractivity contribution < 1.29 is 0 Å². The normalized spacial score (nSPS) is 12.3. The second-order valence-corrected chi connectivity index (χ2v) is 6.33. The average Bonchev–Trinajstić information content (AvgIpc) is 2.46. The minimum atomic E-state index is 0.290. The van der Waals surface area contributed by atoms with Crippen molar-refractivity contribution in [1.29, 1.82) is 0 Å². The van der Waals surface area contributed by atoms with Gasteiger partial charge >= 0.3 is 0 Å². The van der Waals surface area contributed by atoms with Gasteiger partial charge in [-0.05, 0) is 49.7 Å². The zero-order valence-electron chi connectivity index (χ0n) is 11.9. The molecule has 0 fully saturated rings. The van der Waals surface area contributed by atoms with Gasteiger partial charge < -0.3 is 5.32 Å². The van der Waals surface area contributed by atoms with Crippen molar-refractivity contribution in [1.82, 2.24) is 5.32 Å². The Bertz CT molecular complexity index is 542. The molecule has 0 radical (unpaired) electrons. The summed E-state index contributed by atoms with van der Waals surface area (Å²) < 4.78 is 0. The van der Waals surface area contributed by atoms with E-state index in [9.17, 15) is 0 Å². The first-order chi connectivity index (χ1) is 9.70. The molecule has 0 aliphatic rings. The number of nitrogens with one attached hydrogen (secondary N) is 1. The van der Waals surface area contributed by atoms with Crippen LogP contribution in [-0.2, 0) is 0 Å². The molecule has 0 heterocycles. The van der Waals surface area contributed by atoms with Gasteiger partial charge in [-0.1, -0.05) is 54.6 Å². The Labute approximate surface area is 130 Å². The third kappa shape index (κ3) is 4.27. The quantitative estimate of drug-likeness (QED) is 0.750. The zero-order chi connectivity index (χ0) is 14.4. The van der Waals surface area contributed by atoms with Gasteiger partial charge in [-0.3, -0.25) is 0 Å². The van der Waals surface area contributed by atoms with E-state index in [-0.39, 0.29) is 0 Å². The number of hydrogen-bond donors (Lipinski definition) is 1. The van der Waals surface area contributed by atoms with Gasteiger partial charge in [0.1, 0.15) is 0 Å². The molecular weight excluding hydrogens is 286 g/mol. The van der Waals surface area contributed by atoms with Gasteiger partial charge in [0.25, 0.3) is 0 Å². The molecule has 20 heavy (non-hydrogen) atoms. The number of hydrogen-bond acceptors (Lipinski definition) is 2. The Morgan fingerprint density at radius 3 is 2.50 bits per heavy atom. The molecule has 3 heteroatoms. The van der Waals surface area contributed by atoms with Gasteiger partial charge in [0, 0.05) is 20.9 Å². The lowest BCUT2D eigenvalue weighted by molar-refractivity contribution is 0.570. The molecule has 0 amide bonds. The van der Waals surface area contributed by atoms with Crippen LogP contribution in [0.5, 0.6) is 0 Å². The summed E-state index contributed by atoms with van der Waals surface area (Å²) in [6.45, 7) is 5.33. The maximum Gasteiger partial charge on any atom is 0.0464 e. The van der Waals surface area contributed by atoms with E-state index in [1.54, 1.807) is 11.8 Å². The monoisotopic (exact) mass is 305 g/mol. The highest BCUT2D eigenvalue weighted by atomic mass is 35.5. The number of rotatable bonds is 6. The lowest BCUT2D eigenvalue weighted by Gasteiger charge is -2.16. The van der Waals surface area contributed by atoms with E-state index < -0.39 is 0 Å². The second kappa shape index (κ2) is 7.72. The van der Waals surface area contributed by atoms with Crippen molar-refractivity contribution in [2.75, 3.05) is 6.54 Å². The van der Waals surface area contributed by atoms with Crippen LogP contribution in [0.15, 0.2) is 58.3 Å². The Morgan fingerprint density at radius 2 is 1.85 bits per heavy atom. The molecule has 1 unspecified atom stereocenters. The minimum Gasteiger partial charge on any atom is -0.310 e. The fourth-order valence-electron chi connectivity index (χ4n) is 2.02. The fraction of sp³-hybridized carbons (Fsp3) is 0.294. The van der Waals surface area contributed by atoms with E-state index >= 15 is 0 Å². The summed E-state index contributed by atoms with van der Waals surface area (Å²) in [5.41, 5.74) is 1.16. The highest BCUT2D eigenvalue weighted by Gasteiger charge is 2.09. The first-order valence-electron chi connectivity index (χ1n) is 6.96. The van der Waals surface area contributed by atoms with E-state index in [1.807, 2.05) is 6.07 Å². The lowest BCUT2D eigenvalue weighted by atomic mass is 10.1. The Morgan fingerprint density at radius 1 is 1.10 bits per heavy atom. The van der Waals surface area contributed by atoms with E-state index in [4.69, 9.17) is 11.6 Å². The molecule has 0 aliphatic heterocycles. The standard InChI is InChI=1S/C17H20ClNS/c1-3-11-19-13(2)16-10-9-15(12-17(16)18)20-14-7-5-4-6-8-14/h4-10,12-13,19H,3,11H2,1-2H3. The first-order valence-corrected chi connectivity index (χ1v) is 8.16. The van der Waals surface area contributed by atoms with Crippen molar-refractivity contribution in [2.45, 2.75) is 36.1 Å². The maximum absolute atomic E-state index is 6.42. The van der Waals surface area contributed by atoms with Gasteiger partial charge in [0.05, 0.1) is 0 Å². The van der Waals surface area contributed by atoms with Crippen molar-refractivity contribution in [2.24, 2.45) is 0 Å². The SMILES string of the molecule is CCCNC(C)c1ccc(Sc2ccccc2)cc1Cl. The fourth-order valence-corrected chi connectivity index (χ4v) is 3.31. The van der Waals surface area contributed by atoms with Gasteiger partial charge in [-0.2, -0.15) is 0 Å². The second-order valence-electron chi connectivity index (χ2n) is 4.77. The predicted octanol–water partition coefficient (Wildman–Crippen LogP) is 5.55. The molecule has 0 aliphatic carbocycles. The van der Waals surface area contributed by atoms with Crippen LogP contribution in [0.2, 0.25) is 5.02 Å². The van der Waals surface area contributed by atoms with Gasteiger partial charge in [-0.25, -0.2) is 0 Å². The summed E-state index contributed by atoms with van der Waals surface area (Å²) in [6.07, 6.45) is 1.13. The maximum atomic E-state index is 6.42. The van der Waals surface area contributed by atoms with Crippen molar-refractivity contribution in [3.05, 3.63) is 59.1 Å². The van der Waals surface area contributed by atoms with Gasteiger partial charge in [0.2, 0.25) is 0 Å². The zero-order valence-corrected chi connectivity index (χ0v) is 13.5. The van der Waals surface area contributed by atoms with E-state index in [1.165, 1.54) is 9.79 Å². The van der Waals surface area contributed by atoms with Crippen LogP contribution in [0.4, 0.5) is 0 Å². The summed E-state index contributed by atoms with van der Waals surface area (Å²) in [4.78, 5) is 2.40. The average molecular weight is 306 g/mol. The molecule has 106 valence electrons. The Balaban J connectivity index is 2.09. The molecule has 0 aromatic heterocycles. The Hall–Kier alpha value is -0.960. The summed E-state index contributed by atoms with van der Waals surface area (Å²) in [6, 6.07) is 17.0. The van der Waals surface area contributed by atoms with Gasteiger partial charge in [0.15, 0.2) is 0 Å². The molecule has 0 saturated heterocycles.